The quantitative estimate of drug-likeness (QED) is 0.789. The summed E-state index contributed by atoms with van der Waals surface area (Å²) >= 11 is 0. The lowest BCUT2D eigenvalue weighted by molar-refractivity contribution is -0.125. The van der Waals surface area contributed by atoms with Crippen molar-refractivity contribution in [2.24, 2.45) is 17.8 Å². The third-order valence-corrected chi connectivity index (χ3v) is 4.28. The number of carbonyl (C=O) groups is 1. The highest BCUT2D eigenvalue weighted by Crippen LogP contribution is 2.28. The van der Waals surface area contributed by atoms with Gasteiger partial charge >= 0.3 is 0 Å². The SMILES string of the molecule is CC1CCCC(CNC(=O)[C@H]2CCCNC2)C1. The second-order valence-corrected chi connectivity index (χ2v) is 5.93. The first kappa shape index (κ1) is 12.9. The summed E-state index contributed by atoms with van der Waals surface area (Å²) in [7, 11) is 0. The van der Waals surface area contributed by atoms with E-state index in [0.29, 0.717) is 0 Å². The van der Waals surface area contributed by atoms with Crippen molar-refractivity contribution < 1.29 is 4.79 Å². The lowest BCUT2D eigenvalue weighted by Crippen LogP contribution is -2.42. The fraction of sp³-hybridized carbons (Fsp3) is 0.929. The summed E-state index contributed by atoms with van der Waals surface area (Å²) in [6.07, 6.45) is 7.50. The monoisotopic (exact) mass is 238 g/mol. The number of hydrogen-bond acceptors (Lipinski definition) is 2. The molecule has 17 heavy (non-hydrogen) atoms. The molecule has 0 bridgehead atoms. The normalized spacial score (nSPS) is 34.3. The van der Waals surface area contributed by atoms with Crippen LogP contribution in [0.2, 0.25) is 0 Å². The van der Waals surface area contributed by atoms with E-state index in [0.717, 1.165) is 44.3 Å². The van der Waals surface area contributed by atoms with Gasteiger partial charge in [-0.15, -0.1) is 0 Å². The van der Waals surface area contributed by atoms with Crippen molar-refractivity contribution in [3.63, 3.8) is 0 Å². The average Bonchev–Trinajstić information content (AvgIpc) is 2.37. The Morgan fingerprint density at radius 3 is 2.88 bits per heavy atom. The average molecular weight is 238 g/mol. The molecule has 1 saturated carbocycles. The number of hydrogen-bond donors (Lipinski definition) is 2. The van der Waals surface area contributed by atoms with Crippen LogP contribution >= 0.6 is 0 Å². The van der Waals surface area contributed by atoms with Gasteiger partial charge in [-0.1, -0.05) is 19.8 Å². The van der Waals surface area contributed by atoms with Crippen LogP contribution in [0.15, 0.2) is 0 Å². The molecule has 2 aliphatic rings. The standard InChI is InChI=1S/C14H26N2O/c1-11-4-2-5-12(8-11)9-16-14(17)13-6-3-7-15-10-13/h11-13,15H,2-10H2,1H3,(H,16,17)/t11?,12?,13-/m0/s1. The molecule has 0 spiro atoms. The van der Waals surface area contributed by atoms with Crippen molar-refractivity contribution in [2.45, 2.75) is 45.4 Å². The number of rotatable bonds is 3. The Morgan fingerprint density at radius 2 is 2.18 bits per heavy atom. The topological polar surface area (TPSA) is 41.1 Å². The molecule has 2 fully saturated rings. The molecule has 1 aliphatic heterocycles. The first-order valence-corrected chi connectivity index (χ1v) is 7.24. The first-order chi connectivity index (χ1) is 8.25. The van der Waals surface area contributed by atoms with Gasteiger partial charge in [-0.3, -0.25) is 4.79 Å². The maximum atomic E-state index is 12.0. The second-order valence-electron chi connectivity index (χ2n) is 5.93. The molecule has 0 radical (unpaired) electrons. The van der Waals surface area contributed by atoms with E-state index in [1.54, 1.807) is 0 Å². The minimum Gasteiger partial charge on any atom is -0.356 e. The van der Waals surface area contributed by atoms with Crippen molar-refractivity contribution in [1.82, 2.24) is 10.6 Å². The van der Waals surface area contributed by atoms with Gasteiger partial charge in [0.25, 0.3) is 0 Å². The molecule has 2 unspecified atom stereocenters. The van der Waals surface area contributed by atoms with Gasteiger partial charge in [0.15, 0.2) is 0 Å². The van der Waals surface area contributed by atoms with Crippen molar-refractivity contribution in [2.75, 3.05) is 19.6 Å². The van der Waals surface area contributed by atoms with E-state index in [4.69, 9.17) is 0 Å². The highest BCUT2D eigenvalue weighted by atomic mass is 16.1. The van der Waals surface area contributed by atoms with Gasteiger partial charge in [-0.05, 0) is 44.1 Å². The van der Waals surface area contributed by atoms with E-state index in [1.165, 1.54) is 25.7 Å². The second kappa shape index (κ2) is 6.39. The van der Waals surface area contributed by atoms with E-state index in [1.807, 2.05) is 0 Å². The highest BCUT2D eigenvalue weighted by molar-refractivity contribution is 5.78. The zero-order valence-corrected chi connectivity index (χ0v) is 11.0. The highest BCUT2D eigenvalue weighted by Gasteiger charge is 2.23. The summed E-state index contributed by atoms with van der Waals surface area (Å²) in [5.41, 5.74) is 0. The Morgan fingerprint density at radius 1 is 1.29 bits per heavy atom. The molecular weight excluding hydrogens is 212 g/mol. The summed E-state index contributed by atoms with van der Waals surface area (Å²) in [5.74, 6) is 2.06. The predicted octanol–water partition coefficient (Wildman–Crippen LogP) is 1.93. The van der Waals surface area contributed by atoms with Gasteiger partial charge in [0.2, 0.25) is 5.91 Å². The smallest absolute Gasteiger partial charge is 0.224 e. The van der Waals surface area contributed by atoms with Crippen LogP contribution < -0.4 is 10.6 Å². The molecule has 1 saturated heterocycles. The molecule has 0 aromatic heterocycles. The van der Waals surface area contributed by atoms with Crippen LogP contribution in [-0.2, 0) is 4.79 Å². The Kier molecular flexibility index (Phi) is 4.84. The molecule has 2 rings (SSSR count). The zero-order valence-electron chi connectivity index (χ0n) is 11.0. The minimum atomic E-state index is 0.213. The van der Waals surface area contributed by atoms with Gasteiger partial charge in [0, 0.05) is 13.1 Å². The van der Waals surface area contributed by atoms with Crippen molar-refractivity contribution >= 4 is 5.91 Å². The van der Waals surface area contributed by atoms with E-state index in [2.05, 4.69) is 17.6 Å². The van der Waals surface area contributed by atoms with Crippen LogP contribution in [0.5, 0.6) is 0 Å². The fourth-order valence-corrected chi connectivity index (χ4v) is 3.21. The first-order valence-electron chi connectivity index (χ1n) is 7.24. The third kappa shape index (κ3) is 3.98. The van der Waals surface area contributed by atoms with E-state index >= 15 is 0 Å². The molecule has 3 heteroatoms. The Labute approximate surface area is 105 Å². The number of carbonyl (C=O) groups excluding carboxylic acids is 1. The van der Waals surface area contributed by atoms with Gasteiger partial charge in [-0.25, -0.2) is 0 Å². The van der Waals surface area contributed by atoms with Crippen molar-refractivity contribution in [1.29, 1.82) is 0 Å². The largest absolute Gasteiger partial charge is 0.356 e. The minimum absolute atomic E-state index is 0.213. The summed E-state index contributed by atoms with van der Waals surface area (Å²) in [6, 6.07) is 0. The predicted molar refractivity (Wildman–Crippen MR) is 69.7 cm³/mol. The van der Waals surface area contributed by atoms with Gasteiger partial charge < -0.3 is 10.6 Å². The molecule has 0 aromatic carbocycles. The van der Waals surface area contributed by atoms with Crippen molar-refractivity contribution in [3.05, 3.63) is 0 Å². The maximum absolute atomic E-state index is 12.0. The van der Waals surface area contributed by atoms with E-state index in [-0.39, 0.29) is 11.8 Å². The van der Waals surface area contributed by atoms with Crippen LogP contribution in [0, 0.1) is 17.8 Å². The molecule has 1 heterocycles. The van der Waals surface area contributed by atoms with Crippen LogP contribution in [0.3, 0.4) is 0 Å². The van der Waals surface area contributed by atoms with E-state index in [9.17, 15) is 4.79 Å². The van der Waals surface area contributed by atoms with Crippen molar-refractivity contribution in [3.8, 4) is 0 Å². The van der Waals surface area contributed by atoms with E-state index < -0.39 is 0 Å². The molecule has 0 aromatic rings. The number of nitrogens with one attached hydrogen (secondary N) is 2. The molecule has 98 valence electrons. The molecule has 3 atom stereocenters. The molecular formula is C14H26N2O. The lowest BCUT2D eigenvalue weighted by Gasteiger charge is -2.28. The maximum Gasteiger partial charge on any atom is 0.224 e. The van der Waals surface area contributed by atoms with Gasteiger partial charge in [-0.2, -0.15) is 0 Å². The zero-order chi connectivity index (χ0) is 12.1. The summed E-state index contributed by atoms with van der Waals surface area (Å²) in [5, 5.41) is 6.46. The van der Waals surface area contributed by atoms with Crippen LogP contribution in [0.25, 0.3) is 0 Å². The summed E-state index contributed by atoms with van der Waals surface area (Å²) in [4.78, 5) is 12.0. The number of piperidine rings is 1. The Bertz CT molecular complexity index is 249. The third-order valence-electron chi connectivity index (χ3n) is 4.28. The Hall–Kier alpha value is -0.570. The molecule has 2 N–H and O–H groups in total. The number of amides is 1. The van der Waals surface area contributed by atoms with Crippen LogP contribution in [-0.4, -0.2) is 25.5 Å². The summed E-state index contributed by atoms with van der Waals surface area (Å²) in [6.45, 7) is 5.18. The molecule has 3 nitrogen and oxygen atoms in total. The molecule has 1 aliphatic carbocycles. The lowest BCUT2D eigenvalue weighted by atomic mass is 9.82. The van der Waals surface area contributed by atoms with Gasteiger partial charge in [0.05, 0.1) is 5.92 Å². The van der Waals surface area contributed by atoms with Crippen LogP contribution in [0.1, 0.15) is 45.4 Å². The Balaban J connectivity index is 1.68. The van der Waals surface area contributed by atoms with Crippen LogP contribution in [0.4, 0.5) is 0 Å². The summed E-state index contributed by atoms with van der Waals surface area (Å²) < 4.78 is 0. The van der Waals surface area contributed by atoms with Gasteiger partial charge in [0.1, 0.15) is 0 Å². The fourth-order valence-electron chi connectivity index (χ4n) is 3.21. The molecule has 1 amide bonds.